The monoisotopic (exact) mass is 282 g/mol. The molecule has 106 valence electrons. The van der Waals surface area contributed by atoms with Crippen LogP contribution in [0.1, 0.15) is 40.0 Å². The summed E-state index contributed by atoms with van der Waals surface area (Å²) in [6.45, 7) is 5.56. The molecule has 19 heavy (non-hydrogen) atoms. The van der Waals surface area contributed by atoms with Gasteiger partial charge in [-0.2, -0.15) is 5.26 Å². The smallest absolute Gasteiger partial charge is 0.218 e. The second-order valence-electron chi connectivity index (χ2n) is 5.10. The van der Waals surface area contributed by atoms with Crippen molar-refractivity contribution in [2.75, 3.05) is 7.05 Å². The summed E-state index contributed by atoms with van der Waals surface area (Å²) in [4.78, 5) is 0. The number of nitriles is 1. The van der Waals surface area contributed by atoms with Gasteiger partial charge in [0, 0.05) is 11.5 Å². The van der Waals surface area contributed by atoms with Gasteiger partial charge in [0.05, 0.1) is 6.07 Å². The van der Waals surface area contributed by atoms with Crippen LogP contribution < -0.4 is 4.72 Å². The normalized spacial score (nSPS) is 27.4. The molecule has 0 bridgehead atoms. The van der Waals surface area contributed by atoms with Gasteiger partial charge in [0.15, 0.2) is 0 Å². The highest BCUT2D eigenvalue weighted by molar-refractivity contribution is 7.91. The molecule has 0 saturated heterocycles. The number of rotatable bonds is 5. The molecule has 2 unspecified atom stereocenters. The lowest BCUT2D eigenvalue weighted by Gasteiger charge is -2.35. The molecule has 0 aliphatic heterocycles. The average molecular weight is 282 g/mol. The third kappa shape index (κ3) is 2.75. The topological polar surface area (TPSA) is 70.0 Å². The minimum atomic E-state index is -3.48. The van der Waals surface area contributed by atoms with Crippen LogP contribution in [0, 0.1) is 17.2 Å². The third-order valence-electron chi connectivity index (χ3n) is 4.02. The molecular weight excluding hydrogens is 260 g/mol. The third-order valence-corrected chi connectivity index (χ3v) is 6.21. The zero-order chi connectivity index (χ0) is 14.7. The molecule has 5 heteroatoms. The Hall–Kier alpha value is -1.12. The van der Waals surface area contributed by atoms with E-state index in [4.69, 9.17) is 0 Å². The SMILES string of the molecule is CCCCC1=C(C#N)C(C)C(C)(S(=O)(=O)NC)C=C1. The summed E-state index contributed by atoms with van der Waals surface area (Å²) >= 11 is 0. The van der Waals surface area contributed by atoms with E-state index in [2.05, 4.69) is 17.7 Å². The largest absolute Gasteiger partial charge is 0.221 e. The minimum Gasteiger partial charge on any atom is -0.218 e. The summed E-state index contributed by atoms with van der Waals surface area (Å²) in [5, 5.41) is 9.34. The molecule has 0 aromatic rings. The first-order valence-corrected chi connectivity index (χ1v) is 8.07. The summed E-state index contributed by atoms with van der Waals surface area (Å²) in [5.41, 5.74) is 1.57. The van der Waals surface area contributed by atoms with Crippen molar-refractivity contribution >= 4 is 10.0 Å². The zero-order valence-corrected chi connectivity index (χ0v) is 12.8. The Morgan fingerprint density at radius 1 is 1.53 bits per heavy atom. The highest BCUT2D eigenvalue weighted by atomic mass is 32.2. The van der Waals surface area contributed by atoms with E-state index < -0.39 is 14.8 Å². The maximum Gasteiger partial charge on any atom is 0.221 e. The fraction of sp³-hybridized carbons (Fsp3) is 0.643. The summed E-state index contributed by atoms with van der Waals surface area (Å²) in [7, 11) is -2.07. The first-order chi connectivity index (χ1) is 8.84. The fourth-order valence-electron chi connectivity index (χ4n) is 2.36. The van der Waals surface area contributed by atoms with Gasteiger partial charge < -0.3 is 0 Å². The van der Waals surface area contributed by atoms with E-state index in [1.54, 1.807) is 13.0 Å². The molecule has 0 amide bonds. The Labute approximate surface area is 116 Å². The van der Waals surface area contributed by atoms with E-state index in [-0.39, 0.29) is 5.92 Å². The molecule has 1 aliphatic carbocycles. The number of hydrogen-bond donors (Lipinski definition) is 1. The van der Waals surface area contributed by atoms with Crippen LogP contribution in [0.25, 0.3) is 0 Å². The number of nitrogens with zero attached hydrogens (tertiary/aromatic N) is 1. The minimum absolute atomic E-state index is 0.341. The van der Waals surface area contributed by atoms with Crippen molar-refractivity contribution in [2.45, 2.75) is 44.8 Å². The van der Waals surface area contributed by atoms with Gasteiger partial charge in [-0.05, 0) is 32.4 Å². The van der Waals surface area contributed by atoms with Crippen molar-refractivity contribution < 1.29 is 8.42 Å². The molecule has 0 aromatic heterocycles. The van der Waals surface area contributed by atoms with Crippen molar-refractivity contribution in [3.63, 3.8) is 0 Å². The Morgan fingerprint density at radius 2 is 2.16 bits per heavy atom. The predicted molar refractivity (Wildman–Crippen MR) is 76.9 cm³/mol. The van der Waals surface area contributed by atoms with Gasteiger partial charge >= 0.3 is 0 Å². The maximum absolute atomic E-state index is 12.2. The molecule has 0 radical (unpaired) electrons. The quantitative estimate of drug-likeness (QED) is 0.842. The molecule has 0 heterocycles. The van der Waals surface area contributed by atoms with Gasteiger partial charge in [-0.3, -0.25) is 0 Å². The van der Waals surface area contributed by atoms with Crippen molar-refractivity contribution in [3.05, 3.63) is 23.3 Å². The van der Waals surface area contributed by atoms with E-state index in [1.165, 1.54) is 7.05 Å². The Balaban J connectivity index is 3.23. The van der Waals surface area contributed by atoms with Crippen molar-refractivity contribution in [1.82, 2.24) is 4.72 Å². The van der Waals surface area contributed by atoms with Gasteiger partial charge in [0.1, 0.15) is 4.75 Å². The predicted octanol–water partition coefficient (Wildman–Crippen LogP) is 2.51. The van der Waals surface area contributed by atoms with Gasteiger partial charge in [-0.25, -0.2) is 13.1 Å². The van der Waals surface area contributed by atoms with Crippen LogP contribution in [0.15, 0.2) is 23.3 Å². The number of hydrogen-bond acceptors (Lipinski definition) is 3. The second kappa shape index (κ2) is 5.89. The van der Waals surface area contributed by atoms with Crippen LogP contribution in [-0.4, -0.2) is 20.2 Å². The summed E-state index contributed by atoms with van der Waals surface area (Å²) < 4.78 is 25.7. The van der Waals surface area contributed by atoms with Gasteiger partial charge in [0.2, 0.25) is 10.0 Å². The van der Waals surface area contributed by atoms with Crippen LogP contribution in [0.3, 0.4) is 0 Å². The lowest BCUT2D eigenvalue weighted by atomic mass is 9.80. The van der Waals surface area contributed by atoms with E-state index in [9.17, 15) is 13.7 Å². The molecule has 1 N–H and O–H groups in total. The van der Waals surface area contributed by atoms with E-state index in [0.717, 1.165) is 24.8 Å². The van der Waals surface area contributed by atoms with E-state index in [0.29, 0.717) is 5.57 Å². The number of sulfonamides is 1. The molecule has 2 atom stereocenters. The molecule has 4 nitrogen and oxygen atoms in total. The summed E-state index contributed by atoms with van der Waals surface area (Å²) in [6, 6.07) is 2.20. The van der Waals surface area contributed by atoms with Crippen LogP contribution in [0.4, 0.5) is 0 Å². The average Bonchev–Trinajstić information content (AvgIpc) is 2.39. The number of allylic oxidation sites excluding steroid dienone is 3. The molecule has 0 aromatic carbocycles. The van der Waals surface area contributed by atoms with Gasteiger partial charge in [-0.1, -0.05) is 32.4 Å². The van der Waals surface area contributed by atoms with E-state index >= 15 is 0 Å². The highest BCUT2D eigenvalue weighted by Crippen LogP contribution is 2.39. The Kier molecular flexibility index (Phi) is 4.94. The molecule has 0 fully saturated rings. The summed E-state index contributed by atoms with van der Waals surface area (Å²) in [5.74, 6) is -0.341. The lowest BCUT2D eigenvalue weighted by Crippen LogP contribution is -2.47. The van der Waals surface area contributed by atoms with Crippen molar-refractivity contribution in [2.24, 2.45) is 5.92 Å². The summed E-state index contributed by atoms with van der Waals surface area (Å²) in [6.07, 6.45) is 6.41. The highest BCUT2D eigenvalue weighted by Gasteiger charge is 2.45. The number of unbranched alkanes of at least 4 members (excludes halogenated alkanes) is 1. The van der Waals surface area contributed by atoms with Crippen molar-refractivity contribution in [1.29, 1.82) is 5.26 Å². The lowest BCUT2D eigenvalue weighted by molar-refractivity contribution is 0.494. The Morgan fingerprint density at radius 3 is 2.63 bits per heavy atom. The molecule has 1 aliphatic rings. The van der Waals surface area contributed by atoms with Gasteiger partial charge in [-0.15, -0.1) is 0 Å². The zero-order valence-electron chi connectivity index (χ0n) is 12.0. The molecule has 1 rings (SSSR count). The van der Waals surface area contributed by atoms with Crippen molar-refractivity contribution in [3.8, 4) is 6.07 Å². The van der Waals surface area contributed by atoms with E-state index in [1.807, 2.05) is 13.0 Å². The first-order valence-electron chi connectivity index (χ1n) is 6.59. The van der Waals surface area contributed by atoms with Gasteiger partial charge in [0.25, 0.3) is 0 Å². The van der Waals surface area contributed by atoms with Crippen LogP contribution in [0.5, 0.6) is 0 Å². The standard InChI is InChI=1S/C14H22N2O2S/c1-5-6-7-12-8-9-14(3,19(17,18)16-4)11(2)13(12)10-15/h8-9,11,16H,5-7H2,1-4H3. The first kappa shape index (κ1) is 15.9. The number of nitrogens with one attached hydrogen (secondary N) is 1. The maximum atomic E-state index is 12.2. The van der Waals surface area contributed by atoms with Crippen LogP contribution in [-0.2, 0) is 10.0 Å². The fourth-order valence-corrected chi connectivity index (χ4v) is 3.63. The second-order valence-corrected chi connectivity index (χ2v) is 7.40. The van der Waals surface area contributed by atoms with Crippen LogP contribution in [0.2, 0.25) is 0 Å². The Bertz CT molecular complexity index is 540. The molecule has 0 saturated carbocycles. The molecular formula is C14H22N2O2S. The van der Waals surface area contributed by atoms with Crippen LogP contribution >= 0.6 is 0 Å². The molecule has 0 spiro atoms.